The molecule has 0 amide bonds. The number of sulfonamides is 1. The van der Waals surface area contributed by atoms with Crippen LogP contribution in [0.5, 0.6) is 5.75 Å². The lowest BCUT2D eigenvalue weighted by atomic mass is 10.3. The van der Waals surface area contributed by atoms with Crippen LogP contribution in [0.15, 0.2) is 41.7 Å². The quantitative estimate of drug-likeness (QED) is 0.875. The van der Waals surface area contributed by atoms with E-state index in [0.717, 1.165) is 18.7 Å². The minimum absolute atomic E-state index is 0.0703. The normalized spacial score (nSPS) is 11.5. The van der Waals surface area contributed by atoms with Crippen molar-refractivity contribution < 1.29 is 13.2 Å². The fourth-order valence-electron chi connectivity index (χ4n) is 1.79. The van der Waals surface area contributed by atoms with E-state index in [9.17, 15) is 8.42 Å². The third kappa shape index (κ3) is 3.58. The maximum absolute atomic E-state index is 11.1. The standard InChI is InChI=1S/C13H17N3O3S/c1-2-7-16-10-15-8-11(16)9-19-12-3-5-13(6-4-12)20(14,17)18/h3-6,8,10H,2,7,9H2,1H3,(H2,14,17,18). The molecule has 1 aromatic carbocycles. The number of hydrogen-bond donors (Lipinski definition) is 1. The molecule has 0 spiro atoms. The SMILES string of the molecule is CCCn1cncc1COc1ccc(S(N)(=O)=O)cc1. The van der Waals surface area contributed by atoms with E-state index in [2.05, 4.69) is 11.9 Å². The van der Waals surface area contributed by atoms with Crippen LogP contribution in [-0.4, -0.2) is 18.0 Å². The van der Waals surface area contributed by atoms with E-state index >= 15 is 0 Å². The first-order valence-corrected chi connectivity index (χ1v) is 7.80. The van der Waals surface area contributed by atoms with Gasteiger partial charge in [0.05, 0.1) is 23.1 Å². The van der Waals surface area contributed by atoms with Crippen molar-refractivity contribution in [3.8, 4) is 5.75 Å². The summed E-state index contributed by atoms with van der Waals surface area (Å²) in [5.74, 6) is 0.585. The molecule has 0 radical (unpaired) electrons. The highest BCUT2D eigenvalue weighted by Gasteiger charge is 2.07. The number of aromatic nitrogens is 2. The Balaban J connectivity index is 2.02. The van der Waals surface area contributed by atoms with Crippen LogP contribution >= 0.6 is 0 Å². The lowest BCUT2D eigenvalue weighted by Gasteiger charge is -2.09. The van der Waals surface area contributed by atoms with Gasteiger partial charge < -0.3 is 9.30 Å². The summed E-state index contributed by atoms with van der Waals surface area (Å²) in [5.41, 5.74) is 0.974. The van der Waals surface area contributed by atoms with Crippen molar-refractivity contribution in [3.05, 3.63) is 42.5 Å². The predicted octanol–water partition coefficient (Wildman–Crippen LogP) is 1.52. The van der Waals surface area contributed by atoms with Gasteiger partial charge in [-0.25, -0.2) is 18.5 Å². The van der Waals surface area contributed by atoms with Crippen molar-refractivity contribution in [3.63, 3.8) is 0 Å². The minimum atomic E-state index is -3.66. The van der Waals surface area contributed by atoms with Crippen LogP contribution in [-0.2, 0) is 23.2 Å². The lowest BCUT2D eigenvalue weighted by Crippen LogP contribution is -2.11. The molecule has 2 aromatic rings. The molecule has 6 nitrogen and oxygen atoms in total. The predicted molar refractivity (Wildman–Crippen MR) is 74.7 cm³/mol. The molecule has 0 aliphatic heterocycles. The summed E-state index contributed by atoms with van der Waals surface area (Å²) >= 11 is 0. The molecule has 2 rings (SSSR count). The highest BCUT2D eigenvalue weighted by molar-refractivity contribution is 7.89. The molecule has 0 aliphatic rings. The molecule has 0 saturated carbocycles. The van der Waals surface area contributed by atoms with Crippen LogP contribution in [0.2, 0.25) is 0 Å². The van der Waals surface area contributed by atoms with Crippen molar-refractivity contribution in [2.45, 2.75) is 31.4 Å². The molecule has 7 heteroatoms. The van der Waals surface area contributed by atoms with Crippen LogP contribution in [0, 0.1) is 0 Å². The van der Waals surface area contributed by atoms with Crippen molar-refractivity contribution in [1.29, 1.82) is 0 Å². The van der Waals surface area contributed by atoms with Gasteiger partial charge in [0.2, 0.25) is 10.0 Å². The Bertz CT molecular complexity index is 662. The average molecular weight is 295 g/mol. The molecule has 108 valence electrons. The van der Waals surface area contributed by atoms with E-state index < -0.39 is 10.0 Å². The van der Waals surface area contributed by atoms with Crippen LogP contribution in [0.3, 0.4) is 0 Å². The molecule has 2 N–H and O–H groups in total. The highest BCUT2D eigenvalue weighted by atomic mass is 32.2. The average Bonchev–Trinajstić information content (AvgIpc) is 2.84. The zero-order valence-electron chi connectivity index (χ0n) is 11.2. The monoisotopic (exact) mass is 295 g/mol. The minimum Gasteiger partial charge on any atom is -0.487 e. The van der Waals surface area contributed by atoms with E-state index in [0.29, 0.717) is 12.4 Å². The molecule has 20 heavy (non-hydrogen) atoms. The van der Waals surface area contributed by atoms with Gasteiger partial charge in [0.1, 0.15) is 12.4 Å². The van der Waals surface area contributed by atoms with E-state index in [1.54, 1.807) is 24.7 Å². The molecule has 0 bridgehead atoms. The molecule has 0 saturated heterocycles. The molecular formula is C13H17N3O3S. The topological polar surface area (TPSA) is 87.2 Å². The first-order valence-electron chi connectivity index (χ1n) is 6.25. The Kier molecular flexibility index (Phi) is 4.41. The zero-order chi connectivity index (χ0) is 14.6. The second-order valence-corrected chi connectivity index (χ2v) is 5.94. The fraction of sp³-hybridized carbons (Fsp3) is 0.308. The van der Waals surface area contributed by atoms with E-state index in [1.807, 2.05) is 4.57 Å². The van der Waals surface area contributed by atoms with Crippen LogP contribution in [0.4, 0.5) is 0 Å². The third-order valence-electron chi connectivity index (χ3n) is 2.80. The molecule has 0 unspecified atom stereocenters. The summed E-state index contributed by atoms with van der Waals surface area (Å²) in [6.07, 6.45) is 4.55. The first-order chi connectivity index (χ1) is 9.50. The number of imidazole rings is 1. The van der Waals surface area contributed by atoms with E-state index in [4.69, 9.17) is 9.88 Å². The number of primary sulfonamides is 1. The molecule has 1 aromatic heterocycles. The smallest absolute Gasteiger partial charge is 0.238 e. The number of hydrogen-bond acceptors (Lipinski definition) is 4. The van der Waals surface area contributed by atoms with Crippen molar-refractivity contribution >= 4 is 10.0 Å². The summed E-state index contributed by atoms with van der Waals surface area (Å²) in [6.45, 7) is 3.37. The summed E-state index contributed by atoms with van der Waals surface area (Å²) < 4.78 is 29.9. The van der Waals surface area contributed by atoms with Crippen LogP contribution < -0.4 is 9.88 Å². The molecule has 0 aliphatic carbocycles. The summed E-state index contributed by atoms with van der Waals surface area (Å²) in [5, 5.41) is 5.03. The van der Waals surface area contributed by atoms with E-state index in [1.165, 1.54) is 12.1 Å². The fourth-order valence-corrected chi connectivity index (χ4v) is 2.31. The van der Waals surface area contributed by atoms with Gasteiger partial charge in [-0.05, 0) is 30.7 Å². The van der Waals surface area contributed by atoms with Crippen molar-refractivity contribution in [1.82, 2.24) is 9.55 Å². The number of nitrogens with two attached hydrogens (primary N) is 1. The molecule has 0 atom stereocenters. The molecule has 0 fully saturated rings. The Morgan fingerprint density at radius 2 is 2.00 bits per heavy atom. The first kappa shape index (κ1) is 14.5. The van der Waals surface area contributed by atoms with E-state index in [-0.39, 0.29) is 4.90 Å². The van der Waals surface area contributed by atoms with Gasteiger partial charge in [-0.2, -0.15) is 0 Å². The summed E-state index contributed by atoms with van der Waals surface area (Å²) in [4.78, 5) is 4.16. The number of rotatable bonds is 6. The summed E-state index contributed by atoms with van der Waals surface area (Å²) in [6, 6.07) is 6.02. The van der Waals surface area contributed by atoms with Gasteiger partial charge in [-0.1, -0.05) is 6.92 Å². The van der Waals surface area contributed by atoms with Crippen molar-refractivity contribution in [2.24, 2.45) is 5.14 Å². The maximum Gasteiger partial charge on any atom is 0.238 e. The summed E-state index contributed by atoms with van der Waals surface area (Å²) in [7, 11) is -3.66. The van der Waals surface area contributed by atoms with Crippen LogP contribution in [0.25, 0.3) is 0 Å². The van der Waals surface area contributed by atoms with Gasteiger partial charge >= 0.3 is 0 Å². The van der Waals surface area contributed by atoms with Gasteiger partial charge in [0.25, 0.3) is 0 Å². The molecular weight excluding hydrogens is 278 g/mol. The number of ether oxygens (including phenoxy) is 1. The largest absolute Gasteiger partial charge is 0.487 e. The Morgan fingerprint density at radius 3 is 2.60 bits per heavy atom. The Morgan fingerprint density at radius 1 is 1.30 bits per heavy atom. The third-order valence-corrected chi connectivity index (χ3v) is 3.73. The lowest BCUT2D eigenvalue weighted by molar-refractivity contribution is 0.294. The number of nitrogens with zero attached hydrogens (tertiary/aromatic N) is 2. The number of benzene rings is 1. The maximum atomic E-state index is 11.1. The van der Waals surface area contributed by atoms with Crippen LogP contribution in [0.1, 0.15) is 19.0 Å². The van der Waals surface area contributed by atoms with Gasteiger partial charge in [0, 0.05) is 6.54 Å². The molecule has 1 heterocycles. The Hall–Kier alpha value is -1.86. The van der Waals surface area contributed by atoms with Gasteiger partial charge in [-0.3, -0.25) is 0 Å². The highest BCUT2D eigenvalue weighted by Crippen LogP contribution is 2.16. The van der Waals surface area contributed by atoms with Gasteiger partial charge in [-0.15, -0.1) is 0 Å². The second kappa shape index (κ2) is 6.06. The zero-order valence-corrected chi connectivity index (χ0v) is 12.0. The van der Waals surface area contributed by atoms with Crippen molar-refractivity contribution in [2.75, 3.05) is 0 Å². The second-order valence-electron chi connectivity index (χ2n) is 4.38. The number of aryl methyl sites for hydroxylation is 1. The Labute approximate surface area is 118 Å². The van der Waals surface area contributed by atoms with Gasteiger partial charge in [0.15, 0.2) is 0 Å².